The Balaban J connectivity index is 2.21. The van der Waals surface area contributed by atoms with Gasteiger partial charge >= 0.3 is 0 Å². The second-order valence-electron chi connectivity index (χ2n) is 2.92. The molecule has 0 radical (unpaired) electrons. The summed E-state index contributed by atoms with van der Waals surface area (Å²) in [6, 6.07) is 0. The van der Waals surface area contributed by atoms with Gasteiger partial charge in [-0.3, -0.25) is 4.79 Å². The predicted molar refractivity (Wildman–Crippen MR) is 39.8 cm³/mol. The van der Waals surface area contributed by atoms with E-state index in [0.29, 0.717) is 0 Å². The van der Waals surface area contributed by atoms with Crippen molar-refractivity contribution in [1.29, 1.82) is 0 Å². The number of rotatable bonds is 0. The lowest BCUT2D eigenvalue weighted by Crippen LogP contribution is -2.35. The van der Waals surface area contributed by atoms with Crippen molar-refractivity contribution in [3.05, 3.63) is 12.2 Å². The summed E-state index contributed by atoms with van der Waals surface area (Å²) in [6.07, 6.45) is 4.64. The molecule has 0 N–H and O–H groups in total. The van der Waals surface area contributed by atoms with Gasteiger partial charge in [0.05, 0.1) is 0 Å². The van der Waals surface area contributed by atoms with Gasteiger partial charge in [-0.05, 0) is 19.4 Å². The number of carbonyl (C=O) groups is 1. The minimum absolute atomic E-state index is 0.0775. The number of nitrogens with zero attached hydrogens (tertiary/aromatic N) is 1. The van der Waals surface area contributed by atoms with Crippen molar-refractivity contribution in [3.8, 4) is 0 Å². The molecular formula is C8H11NO2. The quantitative estimate of drug-likeness (QED) is 0.475. The first kappa shape index (κ1) is 6.85. The van der Waals surface area contributed by atoms with Crippen molar-refractivity contribution in [2.75, 3.05) is 6.54 Å². The highest BCUT2D eigenvalue weighted by atomic mass is 16.5. The molecule has 0 aliphatic carbocycles. The van der Waals surface area contributed by atoms with Gasteiger partial charge in [0, 0.05) is 6.54 Å². The van der Waals surface area contributed by atoms with Crippen LogP contribution in [0.25, 0.3) is 0 Å². The highest BCUT2D eigenvalue weighted by molar-refractivity contribution is 5.82. The van der Waals surface area contributed by atoms with E-state index >= 15 is 0 Å². The summed E-state index contributed by atoms with van der Waals surface area (Å²) >= 11 is 0. The Labute approximate surface area is 65.6 Å². The average Bonchev–Trinajstić information content (AvgIpc) is 2.30. The van der Waals surface area contributed by atoms with E-state index in [1.807, 2.05) is 6.08 Å². The summed E-state index contributed by atoms with van der Waals surface area (Å²) in [5.74, 6) is 0.124. The molecule has 1 amide bonds. The van der Waals surface area contributed by atoms with Crippen LogP contribution in [0.3, 0.4) is 0 Å². The number of carbonyl (C=O) groups excluding carboxylic acids is 1. The summed E-state index contributed by atoms with van der Waals surface area (Å²) in [5, 5.41) is 0. The number of ether oxygens (including phenoxy) is 1. The molecule has 2 atom stereocenters. The molecule has 0 bridgehead atoms. The van der Waals surface area contributed by atoms with Gasteiger partial charge in [0.25, 0.3) is 5.91 Å². The summed E-state index contributed by atoms with van der Waals surface area (Å²) in [5.41, 5.74) is 0. The Morgan fingerprint density at radius 1 is 1.73 bits per heavy atom. The van der Waals surface area contributed by atoms with E-state index in [4.69, 9.17) is 4.74 Å². The first-order valence-corrected chi connectivity index (χ1v) is 3.91. The normalized spacial score (nSPS) is 36.1. The topological polar surface area (TPSA) is 29.5 Å². The maximum atomic E-state index is 11.3. The first-order chi connectivity index (χ1) is 5.29. The summed E-state index contributed by atoms with van der Waals surface area (Å²) in [7, 11) is 0. The molecule has 2 heterocycles. The van der Waals surface area contributed by atoms with Crippen LogP contribution >= 0.6 is 0 Å². The minimum atomic E-state index is -0.247. The van der Waals surface area contributed by atoms with E-state index in [1.165, 1.54) is 0 Å². The highest BCUT2D eigenvalue weighted by Crippen LogP contribution is 2.21. The first-order valence-electron chi connectivity index (χ1n) is 3.91. The summed E-state index contributed by atoms with van der Waals surface area (Å²) < 4.78 is 5.37. The maximum absolute atomic E-state index is 11.3. The number of hydrogen-bond donors (Lipinski definition) is 0. The Morgan fingerprint density at radius 2 is 2.55 bits per heavy atom. The zero-order chi connectivity index (χ0) is 7.84. The Bertz CT molecular complexity index is 212. The van der Waals surface area contributed by atoms with Gasteiger partial charge in [-0.15, -0.1) is 0 Å². The van der Waals surface area contributed by atoms with Crippen LogP contribution in [0.5, 0.6) is 0 Å². The van der Waals surface area contributed by atoms with Crippen LogP contribution in [0.15, 0.2) is 12.2 Å². The second kappa shape index (κ2) is 2.34. The second-order valence-corrected chi connectivity index (χ2v) is 2.92. The fraction of sp³-hybridized carbons (Fsp3) is 0.625. The zero-order valence-electron chi connectivity index (χ0n) is 6.49. The Kier molecular flexibility index (Phi) is 1.46. The van der Waals surface area contributed by atoms with E-state index in [2.05, 4.69) is 6.08 Å². The SMILES string of the molecule is C[C@@H]1O[C@@H]2C=CCCN2C1=O. The third kappa shape index (κ3) is 0.959. The third-order valence-corrected chi connectivity index (χ3v) is 2.12. The maximum Gasteiger partial charge on any atom is 0.253 e. The van der Waals surface area contributed by atoms with Gasteiger partial charge in [-0.1, -0.05) is 6.08 Å². The van der Waals surface area contributed by atoms with Gasteiger partial charge in [-0.25, -0.2) is 0 Å². The van der Waals surface area contributed by atoms with Crippen LogP contribution in [-0.2, 0) is 9.53 Å². The summed E-state index contributed by atoms with van der Waals surface area (Å²) in [6.45, 7) is 2.61. The van der Waals surface area contributed by atoms with Crippen LogP contribution < -0.4 is 0 Å². The van der Waals surface area contributed by atoms with Crippen molar-refractivity contribution in [3.63, 3.8) is 0 Å². The molecule has 0 spiro atoms. The molecule has 60 valence electrons. The fourth-order valence-corrected chi connectivity index (χ4v) is 1.51. The van der Waals surface area contributed by atoms with Crippen LogP contribution in [0.1, 0.15) is 13.3 Å². The van der Waals surface area contributed by atoms with Gasteiger partial charge in [0.15, 0.2) is 6.23 Å². The molecule has 2 aliphatic rings. The van der Waals surface area contributed by atoms with Crippen molar-refractivity contribution >= 4 is 5.91 Å². The van der Waals surface area contributed by atoms with E-state index < -0.39 is 0 Å². The lowest BCUT2D eigenvalue weighted by atomic mass is 10.2. The van der Waals surface area contributed by atoms with Gasteiger partial charge in [-0.2, -0.15) is 0 Å². The Morgan fingerprint density at radius 3 is 3.27 bits per heavy atom. The summed E-state index contributed by atoms with van der Waals surface area (Å²) in [4.78, 5) is 13.1. The van der Waals surface area contributed by atoms with Crippen LogP contribution in [0, 0.1) is 0 Å². The molecule has 3 heteroatoms. The van der Waals surface area contributed by atoms with E-state index in [-0.39, 0.29) is 18.2 Å². The molecule has 2 aliphatic heterocycles. The molecule has 11 heavy (non-hydrogen) atoms. The van der Waals surface area contributed by atoms with E-state index in [9.17, 15) is 4.79 Å². The molecule has 3 nitrogen and oxygen atoms in total. The molecule has 0 saturated carbocycles. The fourth-order valence-electron chi connectivity index (χ4n) is 1.51. The molecule has 0 aromatic carbocycles. The largest absolute Gasteiger partial charge is 0.342 e. The molecule has 0 unspecified atom stereocenters. The van der Waals surface area contributed by atoms with Gasteiger partial charge in [0.2, 0.25) is 0 Å². The molecule has 0 aromatic rings. The lowest BCUT2D eigenvalue weighted by Gasteiger charge is -2.22. The van der Waals surface area contributed by atoms with Crippen molar-refractivity contribution in [2.24, 2.45) is 0 Å². The van der Waals surface area contributed by atoms with Gasteiger partial charge < -0.3 is 9.64 Å². The number of hydrogen-bond acceptors (Lipinski definition) is 2. The molecule has 2 rings (SSSR count). The van der Waals surface area contributed by atoms with Crippen molar-refractivity contribution < 1.29 is 9.53 Å². The zero-order valence-corrected chi connectivity index (χ0v) is 6.49. The molecular weight excluding hydrogens is 142 g/mol. The van der Waals surface area contributed by atoms with Crippen LogP contribution in [0.4, 0.5) is 0 Å². The minimum Gasteiger partial charge on any atom is -0.342 e. The predicted octanol–water partition coefficient (Wildman–Crippen LogP) is 0.520. The van der Waals surface area contributed by atoms with Crippen LogP contribution in [0.2, 0.25) is 0 Å². The lowest BCUT2D eigenvalue weighted by molar-refractivity contribution is -0.129. The van der Waals surface area contributed by atoms with E-state index in [1.54, 1.807) is 11.8 Å². The molecule has 1 fully saturated rings. The van der Waals surface area contributed by atoms with Crippen molar-refractivity contribution in [2.45, 2.75) is 25.7 Å². The van der Waals surface area contributed by atoms with Crippen LogP contribution in [-0.4, -0.2) is 29.7 Å². The van der Waals surface area contributed by atoms with Gasteiger partial charge in [0.1, 0.15) is 6.10 Å². The number of amides is 1. The molecule has 1 saturated heterocycles. The standard InChI is InChI=1S/C8H11NO2/c1-6-8(10)9-5-3-2-4-7(9)11-6/h2,4,6-7H,3,5H2,1H3/t6-,7+/m0/s1. The monoisotopic (exact) mass is 153 g/mol. The Hall–Kier alpha value is -0.830. The van der Waals surface area contributed by atoms with E-state index in [0.717, 1.165) is 13.0 Å². The third-order valence-electron chi connectivity index (χ3n) is 2.12. The van der Waals surface area contributed by atoms with Crippen molar-refractivity contribution in [1.82, 2.24) is 4.90 Å². The smallest absolute Gasteiger partial charge is 0.253 e. The highest BCUT2D eigenvalue weighted by Gasteiger charge is 2.36. The average molecular weight is 153 g/mol. The number of fused-ring (bicyclic) bond motifs is 1. The molecule has 0 aromatic heterocycles.